The largest absolute Gasteiger partial charge is 0.477 e. The summed E-state index contributed by atoms with van der Waals surface area (Å²) in [5.41, 5.74) is -0.886. The number of pyridine rings is 1. The minimum absolute atomic E-state index is 0.0249. The zero-order valence-corrected chi connectivity index (χ0v) is 9.05. The van der Waals surface area contributed by atoms with Crippen LogP contribution >= 0.6 is 0 Å². The molecule has 6 nitrogen and oxygen atoms in total. The van der Waals surface area contributed by atoms with Gasteiger partial charge in [0.15, 0.2) is 5.43 Å². The Hall–Kier alpha value is -2.11. The monoisotopic (exact) mass is 236 g/mol. The normalized spacial score (nSPS) is 14.4. The summed E-state index contributed by atoms with van der Waals surface area (Å²) in [7, 11) is 0. The molecule has 0 unspecified atom stereocenters. The second-order valence-electron chi connectivity index (χ2n) is 4.04. The van der Waals surface area contributed by atoms with E-state index in [2.05, 4.69) is 5.32 Å². The van der Waals surface area contributed by atoms with E-state index in [4.69, 9.17) is 5.11 Å². The second-order valence-corrected chi connectivity index (χ2v) is 4.04. The number of carboxylic acids is 1. The minimum atomic E-state index is -1.29. The highest BCUT2D eigenvalue weighted by Gasteiger charge is 2.23. The second kappa shape index (κ2) is 4.40. The van der Waals surface area contributed by atoms with Gasteiger partial charge in [0.1, 0.15) is 12.1 Å². The first kappa shape index (κ1) is 11.4. The van der Waals surface area contributed by atoms with Crippen LogP contribution in [0.4, 0.5) is 0 Å². The molecule has 17 heavy (non-hydrogen) atoms. The smallest absolute Gasteiger partial charge is 0.341 e. The number of nitrogens with one attached hydrogen (secondary N) is 1. The molecule has 2 N–H and O–H groups in total. The summed E-state index contributed by atoms with van der Waals surface area (Å²) in [5.74, 6) is -1.46. The van der Waals surface area contributed by atoms with Crippen LogP contribution in [0.25, 0.3) is 0 Å². The summed E-state index contributed by atoms with van der Waals surface area (Å²) < 4.78 is 1.39. The molecule has 1 fully saturated rings. The van der Waals surface area contributed by atoms with E-state index in [9.17, 15) is 14.4 Å². The third-order valence-electron chi connectivity index (χ3n) is 2.48. The Morgan fingerprint density at radius 2 is 2.18 bits per heavy atom. The maximum absolute atomic E-state index is 11.5. The SMILES string of the molecule is O=C(Cn1ccc(=O)c(C(=O)O)c1)NC1CC1. The molecule has 90 valence electrons. The fourth-order valence-corrected chi connectivity index (χ4v) is 1.45. The molecule has 1 aliphatic carbocycles. The summed E-state index contributed by atoms with van der Waals surface area (Å²) in [5, 5.41) is 11.5. The quantitative estimate of drug-likeness (QED) is 0.759. The fourth-order valence-electron chi connectivity index (χ4n) is 1.45. The Labute approximate surface area is 96.9 Å². The highest BCUT2D eigenvalue weighted by atomic mass is 16.4. The number of hydrogen-bond donors (Lipinski definition) is 2. The molecule has 0 radical (unpaired) electrons. The van der Waals surface area contributed by atoms with Gasteiger partial charge in [-0.2, -0.15) is 0 Å². The van der Waals surface area contributed by atoms with E-state index in [1.54, 1.807) is 0 Å². The van der Waals surface area contributed by atoms with Crippen LogP contribution in [0, 0.1) is 0 Å². The number of carboxylic acid groups (broad SMARTS) is 1. The first-order valence-electron chi connectivity index (χ1n) is 5.29. The molecule has 0 saturated heterocycles. The van der Waals surface area contributed by atoms with Gasteiger partial charge >= 0.3 is 5.97 Å². The first-order valence-corrected chi connectivity index (χ1v) is 5.29. The molecule has 0 aliphatic heterocycles. The standard InChI is InChI=1S/C11H12N2O4/c14-9-3-4-13(5-8(9)11(16)17)6-10(15)12-7-1-2-7/h3-5,7H,1-2,6H2,(H,12,15)(H,16,17). The van der Waals surface area contributed by atoms with Gasteiger partial charge in [0, 0.05) is 24.5 Å². The lowest BCUT2D eigenvalue weighted by atomic mass is 10.3. The predicted octanol–water partition coefficient (Wildman–Crippen LogP) is -0.175. The molecular weight excluding hydrogens is 224 g/mol. The van der Waals surface area contributed by atoms with Gasteiger partial charge in [-0.3, -0.25) is 9.59 Å². The molecule has 1 aromatic rings. The molecule has 1 aromatic heterocycles. The lowest BCUT2D eigenvalue weighted by molar-refractivity contribution is -0.121. The van der Waals surface area contributed by atoms with Gasteiger partial charge in [-0.05, 0) is 12.8 Å². The van der Waals surface area contributed by atoms with Crippen molar-refractivity contribution in [1.82, 2.24) is 9.88 Å². The van der Waals surface area contributed by atoms with Crippen molar-refractivity contribution in [3.8, 4) is 0 Å². The molecule has 1 aliphatic rings. The van der Waals surface area contributed by atoms with Gasteiger partial charge in [0.2, 0.25) is 5.91 Å². The lowest BCUT2D eigenvalue weighted by Gasteiger charge is -2.07. The Kier molecular flexibility index (Phi) is 2.95. The molecule has 1 heterocycles. The van der Waals surface area contributed by atoms with Crippen LogP contribution in [0.3, 0.4) is 0 Å². The maximum Gasteiger partial charge on any atom is 0.341 e. The Morgan fingerprint density at radius 1 is 1.47 bits per heavy atom. The number of aromatic nitrogens is 1. The summed E-state index contributed by atoms with van der Waals surface area (Å²) in [6, 6.07) is 1.41. The molecule has 6 heteroatoms. The minimum Gasteiger partial charge on any atom is -0.477 e. The van der Waals surface area contributed by atoms with Gasteiger partial charge in [-0.25, -0.2) is 4.79 Å². The van der Waals surface area contributed by atoms with Gasteiger partial charge in [0.05, 0.1) is 0 Å². The van der Waals surface area contributed by atoms with E-state index in [0.717, 1.165) is 18.9 Å². The average Bonchev–Trinajstić information content (AvgIpc) is 3.04. The van der Waals surface area contributed by atoms with E-state index >= 15 is 0 Å². The number of amides is 1. The van der Waals surface area contributed by atoms with Crippen molar-refractivity contribution in [3.05, 3.63) is 34.2 Å². The third-order valence-corrected chi connectivity index (χ3v) is 2.48. The van der Waals surface area contributed by atoms with Crippen LogP contribution in [0.5, 0.6) is 0 Å². The summed E-state index contributed by atoms with van der Waals surface area (Å²) in [6.45, 7) is 0.0249. The van der Waals surface area contributed by atoms with Crippen LogP contribution in [0.1, 0.15) is 23.2 Å². The number of carbonyl (C=O) groups excluding carboxylic acids is 1. The number of rotatable bonds is 4. The maximum atomic E-state index is 11.5. The van der Waals surface area contributed by atoms with Gasteiger partial charge < -0.3 is 15.0 Å². The highest BCUT2D eigenvalue weighted by molar-refractivity contribution is 5.87. The van der Waals surface area contributed by atoms with E-state index < -0.39 is 11.4 Å². The topological polar surface area (TPSA) is 88.4 Å². The Balaban J connectivity index is 2.10. The molecular formula is C11H12N2O4. The van der Waals surface area contributed by atoms with Crippen molar-refractivity contribution in [1.29, 1.82) is 0 Å². The van der Waals surface area contributed by atoms with Gasteiger partial charge in [-0.15, -0.1) is 0 Å². The number of aromatic carboxylic acids is 1. The van der Waals surface area contributed by atoms with Crippen LogP contribution < -0.4 is 10.7 Å². The number of carbonyl (C=O) groups is 2. The van der Waals surface area contributed by atoms with Crippen molar-refractivity contribution < 1.29 is 14.7 Å². The van der Waals surface area contributed by atoms with Crippen LogP contribution in [0.15, 0.2) is 23.3 Å². The molecule has 2 rings (SSSR count). The Bertz CT molecular complexity index is 516. The van der Waals surface area contributed by atoms with E-state index in [1.165, 1.54) is 17.0 Å². The zero-order valence-electron chi connectivity index (χ0n) is 9.05. The summed E-state index contributed by atoms with van der Waals surface area (Å²) in [4.78, 5) is 33.4. The molecule has 0 aromatic carbocycles. The number of hydrogen-bond acceptors (Lipinski definition) is 3. The lowest BCUT2D eigenvalue weighted by Crippen LogP contribution is -2.30. The van der Waals surface area contributed by atoms with Crippen molar-refractivity contribution >= 4 is 11.9 Å². The van der Waals surface area contributed by atoms with Crippen LogP contribution in [-0.2, 0) is 11.3 Å². The van der Waals surface area contributed by atoms with Crippen molar-refractivity contribution in [2.24, 2.45) is 0 Å². The van der Waals surface area contributed by atoms with Crippen molar-refractivity contribution in [2.45, 2.75) is 25.4 Å². The van der Waals surface area contributed by atoms with Crippen LogP contribution in [0.2, 0.25) is 0 Å². The predicted molar refractivity (Wildman–Crippen MR) is 58.8 cm³/mol. The van der Waals surface area contributed by atoms with E-state index in [-0.39, 0.29) is 24.1 Å². The molecule has 0 atom stereocenters. The number of nitrogens with zero attached hydrogens (tertiary/aromatic N) is 1. The fraction of sp³-hybridized carbons (Fsp3) is 0.364. The Morgan fingerprint density at radius 3 is 2.76 bits per heavy atom. The van der Waals surface area contributed by atoms with E-state index in [1.807, 2.05) is 0 Å². The van der Waals surface area contributed by atoms with Gasteiger partial charge in [0.25, 0.3) is 0 Å². The van der Waals surface area contributed by atoms with E-state index in [0.29, 0.717) is 0 Å². The van der Waals surface area contributed by atoms with Crippen molar-refractivity contribution in [2.75, 3.05) is 0 Å². The molecule has 0 spiro atoms. The van der Waals surface area contributed by atoms with Crippen molar-refractivity contribution in [3.63, 3.8) is 0 Å². The summed E-state index contributed by atoms with van der Waals surface area (Å²) in [6.07, 6.45) is 4.57. The first-order chi connectivity index (χ1) is 8.06. The molecule has 1 saturated carbocycles. The summed E-state index contributed by atoms with van der Waals surface area (Å²) >= 11 is 0. The van der Waals surface area contributed by atoms with Crippen LogP contribution in [-0.4, -0.2) is 27.6 Å². The molecule has 1 amide bonds. The molecule has 0 bridgehead atoms. The van der Waals surface area contributed by atoms with Gasteiger partial charge in [-0.1, -0.05) is 0 Å². The zero-order chi connectivity index (χ0) is 12.4. The third kappa shape index (κ3) is 2.93. The average molecular weight is 236 g/mol. The highest BCUT2D eigenvalue weighted by Crippen LogP contribution is 2.18.